The molecule has 0 saturated heterocycles. The van der Waals surface area contributed by atoms with Crippen LogP contribution in [-0.4, -0.2) is 9.55 Å². The molecule has 20 heavy (non-hydrogen) atoms. The minimum Gasteiger partial charge on any atom is -0.294 e. The molecule has 0 spiro atoms. The zero-order chi connectivity index (χ0) is 14.3. The lowest BCUT2D eigenvalue weighted by Gasteiger charge is -2.11. The molecule has 2 aromatic carbocycles. The van der Waals surface area contributed by atoms with Crippen molar-refractivity contribution in [1.29, 1.82) is 0 Å². The van der Waals surface area contributed by atoms with Crippen molar-refractivity contribution in [3.8, 4) is 5.69 Å². The first-order chi connectivity index (χ1) is 9.61. The summed E-state index contributed by atoms with van der Waals surface area (Å²) in [6.07, 6.45) is 0. The highest BCUT2D eigenvalue weighted by Gasteiger charge is 2.15. The van der Waals surface area contributed by atoms with E-state index in [9.17, 15) is 0 Å². The van der Waals surface area contributed by atoms with E-state index in [0.717, 1.165) is 28.1 Å². The molecule has 0 saturated carbocycles. The zero-order valence-electron chi connectivity index (χ0n) is 10.7. The van der Waals surface area contributed by atoms with Crippen molar-refractivity contribution >= 4 is 45.8 Å². The van der Waals surface area contributed by atoms with Crippen molar-refractivity contribution in [2.75, 3.05) is 0 Å². The predicted molar refractivity (Wildman–Crippen MR) is 85.4 cm³/mol. The molecule has 1 heterocycles. The van der Waals surface area contributed by atoms with Crippen molar-refractivity contribution in [3.05, 3.63) is 57.8 Å². The lowest BCUT2D eigenvalue weighted by atomic mass is 10.2. The van der Waals surface area contributed by atoms with Crippen molar-refractivity contribution < 1.29 is 0 Å². The highest BCUT2D eigenvalue weighted by atomic mass is 35.5. The normalized spacial score (nSPS) is 11.2. The summed E-state index contributed by atoms with van der Waals surface area (Å²) in [6.45, 7) is 1.92. The molecule has 0 bridgehead atoms. The predicted octanol–water partition coefficient (Wildman–Crippen LogP) is 5.38. The highest BCUT2D eigenvalue weighted by molar-refractivity contribution is 6.35. The van der Waals surface area contributed by atoms with Crippen molar-refractivity contribution in [2.45, 2.75) is 12.8 Å². The molecule has 2 nitrogen and oxygen atoms in total. The van der Waals surface area contributed by atoms with Gasteiger partial charge in [-0.05, 0) is 36.8 Å². The summed E-state index contributed by atoms with van der Waals surface area (Å²) in [5.74, 6) is 1.05. The summed E-state index contributed by atoms with van der Waals surface area (Å²) in [7, 11) is 0. The van der Waals surface area contributed by atoms with Gasteiger partial charge in [-0.15, -0.1) is 11.6 Å². The molecule has 0 atom stereocenters. The fraction of sp³-hybridized carbons (Fsp3) is 0.133. The van der Waals surface area contributed by atoms with Gasteiger partial charge in [-0.1, -0.05) is 35.3 Å². The number of benzene rings is 2. The number of halogens is 3. The first-order valence-corrected chi connectivity index (χ1v) is 7.39. The molecule has 0 fully saturated rings. The van der Waals surface area contributed by atoms with E-state index in [1.165, 1.54) is 0 Å². The molecule has 0 aliphatic carbocycles. The Bertz CT molecular complexity index is 793. The quantitative estimate of drug-likeness (QED) is 0.578. The molecule has 0 amide bonds. The molecular formula is C15H11Cl3N2. The van der Waals surface area contributed by atoms with E-state index in [1.54, 1.807) is 0 Å². The number of fused-ring (bicyclic) bond motifs is 1. The van der Waals surface area contributed by atoms with E-state index < -0.39 is 0 Å². The van der Waals surface area contributed by atoms with Crippen LogP contribution in [-0.2, 0) is 5.88 Å². The Balaban J connectivity index is 2.36. The van der Waals surface area contributed by atoms with Crippen LogP contribution < -0.4 is 0 Å². The van der Waals surface area contributed by atoms with Crippen LogP contribution in [0.2, 0.25) is 10.0 Å². The molecule has 102 valence electrons. The van der Waals surface area contributed by atoms with Gasteiger partial charge in [0.15, 0.2) is 0 Å². The summed E-state index contributed by atoms with van der Waals surface area (Å²) in [5, 5.41) is 1.30. The van der Waals surface area contributed by atoms with Gasteiger partial charge >= 0.3 is 0 Å². The Morgan fingerprint density at radius 1 is 1.10 bits per heavy atom. The SMILES string of the molecule is Cc1cc(Cl)c(-n2c(CCl)nc3ccccc32)cc1Cl. The van der Waals surface area contributed by atoms with Crippen LogP contribution in [0.1, 0.15) is 11.4 Å². The molecule has 0 N–H and O–H groups in total. The maximum atomic E-state index is 6.37. The zero-order valence-corrected chi connectivity index (χ0v) is 13.0. The maximum absolute atomic E-state index is 6.37. The van der Waals surface area contributed by atoms with Gasteiger partial charge in [0.25, 0.3) is 0 Å². The van der Waals surface area contributed by atoms with Crippen molar-refractivity contribution in [1.82, 2.24) is 9.55 Å². The summed E-state index contributed by atoms with van der Waals surface area (Å²) in [6, 6.07) is 11.5. The summed E-state index contributed by atoms with van der Waals surface area (Å²) in [4.78, 5) is 4.53. The number of alkyl halides is 1. The highest BCUT2D eigenvalue weighted by Crippen LogP contribution is 2.31. The number of imidazole rings is 1. The Labute approximate surface area is 131 Å². The summed E-state index contributed by atoms with van der Waals surface area (Å²) in [5.41, 5.74) is 3.59. The van der Waals surface area contributed by atoms with Crippen molar-refractivity contribution in [3.63, 3.8) is 0 Å². The summed E-state index contributed by atoms with van der Waals surface area (Å²) >= 11 is 18.6. The standard InChI is InChI=1S/C15H11Cl3N2/c1-9-6-11(18)14(7-10(9)17)20-13-5-3-2-4-12(13)19-15(20)8-16/h2-7H,8H2,1H3. The molecule has 0 radical (unpaired) electrons. The minimum atomic E-state index is 0.302. The Morgan fingerprint density at radius 3 is 2.60 bits per heavy atom. The van der Waals surface area contributed by atoms with Gasteiger partial charge in [-0.2, -0.15) is 0 Å². The third kappa shape index (κ3) is 2.18. The van der Waals surface area contributed by atoms with E-state index in [1.807, 2.05) is 47.9 Å². The number of aromatic nitrogens is 2. The molecule has 0 aliphatic rings. The molecule has 0 aliphatic heterocycles. The monoisotopic (exact) mass is 324 g/mol. The third-order valence-electron chi connectivity index (χ3n) is 3.22. The van der Waals surface area contributed by atoms with Crippen molar-refractivity contribution in [2.24, 2.45) is 0 Å². The molecule has 0 unspecified atom stereocenters. The van der Waals surface area contributed by atoms with Crippen LogP contribution in [0.25, 0.3) is 16.7 Å². The largest absolute Gasteiger partial charge is 0.294 e. The number of hydrogen-bond donors (Lipinski definition) is 0. The first kappa shape index (κ1) is 13.7. The molecule has 5 heteroatoms. The number of hydrogen-bond acceptors (Lipinski definition) is 1. The van der Waals surface area contributed by atoms with Gasteiger partial charge < -0.3 is 0 Å². The van der Waals surface area contributed by atoms with E-state index in [0.29, 0.717) is 15.9 Å². The fourth-order valence-electron chi connectivity index (χ4n) is 2.24. The number of rotatable bonds is 2. The van der Waals surface area contributed by atoms with E-state index in [4.69, 9.17) is 34.8 Å². The second-order valence-corrected chi connectivity index (χ2v) is 5.62. The Kier molecular flexibility index (Phi) is 3.63. The van der Waals surface area contributed by atoms with Crippen LogP contribution >= 0.6 is 34.8 Å². The van der Waals surface area contributed by atoms with Gasteiger partial charge in [-0.25, -0.2) is 4.98 Å². The average Bonchev–Trinajstić information content (AvgIpc) is 2.81. The smallest absolute Gasteiger partial charge is 0.129 e. The molecule has 3 aromatic rings. The third-order valence-corrected chi connectivity index (χ3v) is 4.17. The van der Waals surface area contributed by atoms with Crippen LogP contribution in [0, 0.1) is 6.92 Å². The second-order valence-electron chi connectivity index (χ2n) is 4.54. The minimum absolute atomic E-state index is 0.302. The lowest BCUT2D eigenvalue weighted by Crippen LogP contribution is -2.00. The first-order valence-electron chi connectivity index (χ1n) is 6.10. The van der Waals surface area contributed by atoms with Crippen LogP contribution in [0.5, 0.6) is 0 Å². The second kappa shape index (κ2) is 5.28. The van der Waals surface area contributed by atoms with Gasteiger partial charge in [0.2, 0.25) is 0 Å². The van der Waals surface area contributed by atoms with Gasteiger partial charge in [-0.3, -0.25) is 4.57 Å². The number of para-hydroxylation sites is 2. The number of nitrogens with zero attached hydrogens (tertiary/aromatic N) is 2. The van der Waals surface area contributed by atoms with Gasteiger partial charge in [0.1, 0.15) is 5.82 Å². The van der Waals surface area contributed by atoms with E-state index in [-0.39, 0.29) is 0 Å². The Hall–Kier alpha value is -1.22. The molecule has 1 aromatic heterocycles. The van der Waals surface area contributed by atoms with Crippen LogP contribution in [0.4, 0.5) is 0 Å². The van der Waals surface area contributed by atoms with Gasteiger partial charge in [0.05, 0.1) is 27.6 Å². The maximum Gasteiger partial charge on any atom is 0.129 e. The van der Waals surface area contributed by atoms with Gasteiger partial charge in [0, 0.05) is 5.02 Å². The fourth-order valence-corrected chi connectivity index (χ4v) is 2.88. The average molecular weight is 326 g/mol. The molecule has 3 rings (SSSR count). The number of aryl methyl sites for hydroxylation is 1. The lowest BCUT2D eigenvalue weighted by molar-refractivity contribution is 0.981. The molecular weight excluding hydrogens is 315 g/mol. The van der Waals surface area contributed by atoms with Crippen LogP contribution in [0.15, 0.2) is 36.4 Å². The van der Waals surface area contributed by atoms with E-state index in [2.05, 4.69) is 4.98 Å². The summed E-state index contributed by atoms with van der Waals surface area (Å²) < 4.78 is 1.95. The van der Waals surface area contributed by atoms with Crippen LogP contribution in [0.3, 0.4) is 0 Å². The topological polar surface area (TPSA) is 17.8 Å². The van der Waals surface area contributed by atoms with E-state index >= 15 is 0 Å². The Morgan fingerprint density at radius 2 is 1.85 bits per heavy atom.